The third kappa shape index (κ3) is 3.25. The molecule has 0 aliphatic carbocycles. The minimum absolute atomic E-state index is 0.650. The van der Waals surface area contributed by atoms with Crippen molar-refractivity contribution in [1.29, 1.82) is 0 Å². The summed E-state index contributed by atoms with van der Waals surface area (Å²) in [4.78, 5) is 5.31. The van der Waals surface area contributed by atoms with Crippen LogP contribution < -0.4 is 4.74 Å². The second kappa shape index (κ2) is 6.80. The number of ether oxygens (including phenoxy) is 2. The summed E-state index contributed by atoms with van der Waals surface area (Å²) in [6.07, 6.45) is 2.73. The van der Waals surface area contributed by atoms with Crippen molar-refractivity contribution < 1.29 is 9.47 Å². The quantitative estimate of drug-likeness (QED) is 0.850. The van der Waals surface area contributed by atoms with Gasteiger partial charge in [0.25, 0.3) is 0 Å². The van der Waals surface area contributed by atoms with Crippen LogP contribution in [0.25, 0.3) is 0 Å². The second-order valence-corrected chi connectivity index (χ2v) is 7.31. The van der Waals surface area contributed by atoms with Gasteiger partial charge in [-0.3, -0.25) is 9.80 Å². The van der Waals surface area contributed by atoms with Crippen molar-refractivity contribution >= 4 is 0 Å². The van der Waals surface area contributed by atoms with E-state index in [1.54, 1.807) is 7.11 Å². The van der Waals surface area contributed by atoms with Gasteiger partial charge in [0.2, 0.25) is 0 Å². The summed E-state index contributed by atoms with van der Waals surface area (Å²) >= 11 is 0. The maximum absolute atomic E-state index is 5.95. The third-order valence-electron chi connectivity index (χ3n) is 5.86. The Morgan fingerprint density at radius 3 is 2.61 bits per heavy atom. The molecule has 1 aromatic carbocycles. The minimum Gasteiger partial charge on any atom is -0.497 e. The lowest BCUT2D eigenvalue weighted by molar-refractivity contribution is -0.0308. The molecule has 1 aromatic rings. The molecule has 0 unspecified atom stereocenters. The molecule has 0 aromatic heterocycles. The predicted molar refractivity (Wildman–Crippen MR) is 90.7 cm³/mol. The fourth-order valence-electron chi connectivity index (χ4n) is 4.63. The van der Waals surface area contributed by atoms with Crippen molar-refractivity contribution in [2.45, 2.75) is 25.4 Å². The van der Waals surface area contributed by atoms with Crippen molar-refractivity contribution in [2.24, 2.45) is 11.8 Å². The molecule has 126 valence electrons. The molecular formula is C19H28N2O2. The van der Waals surface area contributed by atoms with Gasteiger partial charge in [0.05, 0.1) is 20.3 Å². The van der Waals surface area contributed by atoms with Crippen LogP contribution in [0.2, 0.25) is 0 Å². The number of benzene rings is 1. The van der Waals surface area contributed by atoms with Crippen molar-refractivity contribution in [2.75, 3.05) is 46.5 Å². The van der Waals surface area contributed by atoms with E-state index in [4.69, 9.17) is 9.47 Å². The van der Waals surface area contributed by atoms with Gasteiger partial charge in [-0.2, -0.15) is 0 Å². The Balaban J connectivity index is 1.40. The highest BCUT2D eigenvalue weighted by atomic mass is 16.5. The van der Waals surface area contributed by atoms with Crippen LogP contribution in [0.5, 0.6) is 5.75 Å². The number of fused-ring (bicyclic) bond motifs is 1. The first-order valence-corrected chi connectivity index (χ1v) is 9.00. The van der Waals surface area contributed by atoms with Crippen LogP contribution in [-0.4, -0.2) is 62.3 Å². The Hall–Kier alpha value is -1.10. The first-order chi connectivity index (χ1) is 11.3. The van der Waals surface area contributed by atoms with Crippen LogP contribution in [0.15, 0.2) is 24.3 Å². The van der Waals surface area contributed by atoms with Gasteiger partial charge in [0, 0.05) is 31.6 Å². The minimum atomic E-state index is 0.650. The topological polar surface area (TPSA) is 24.9 Å². The van der Waals surface area contributed by atoms with Gasteiger partial charge < -0.3 is 9.47 Å². The number of hydrogen-bond donors (Lipinski definition) is 0. The van der Waals surface area contributed by atoms with E-state index in [0.29, 0.717) is 12.0 Å². The molecule has 3 aliphatic rings. The third-order valence-corrected chi connectivity index (χ3v) is 5.86. The van der Waals surface area contributed by atoms with Gasteiger partial charge in [-0.25, -0.2) is 0 Å². The summed E-state index contributed by atoms with van der Waals surface area (Å²) < 4.78 is 11.2. The molecule has 4 heteroatoms. The Bertz CT molecular complexity index is 513. The van der Waals surface area contributed by atoms with Crippen molar-refractivity contribution in [1.82, 2.24) is 9.80 Å². The summed E-state index contributed by atoms with van der Waals surface area (Å²) in [7, 11) is 1.72. The van der Waals surface area contributed by atoms with E-state index in [-0.39, 0.29) is 0 Å². The summed E-state index contributed by atoms with van der Waals surface area (Å²) in [6, 6.07) is 9.16. The molecule has 3 saturated heterocycles. The molecule has 0 radical (unpaired) electrons. The normalized spacial score (nSPS) is 32.1. The lowest BCUT2D eigenvalue weighted by Crippen LogP contribution is -2.49. The van der Waals surface area contributed by atoms with Gasteiger partial charge in [-0.1, -0.05) is 12.1 Å². The lowest BCUT2D eigenvalue weighted by atomic mass is 9.87. The van der Waals surface area contributed by atoms with Gasteiger partial charge in [0.1, 0.15) is 5.75 Å². The number of rotatable bonds is 4. The van der Waals surface area contributed by atoms with E-state index in [2.05, 4.69) is 34.1 Å². The van der Waals surface area contributed by atoms with Crippen LogP contribution in [-0.2, 0) is 11.3 Å². The van der Waals surface area contributed by atoms with E-state index in [0.717, 1.165) is 31.4 Å². The van der Waals surface area contributed by atoms with E-state index in [1.165, 1.54) is 44.6 Å². The zero-order chi connectivity index (χ0) is 15.6. The molecule has 4 rings (SSSR count). The van der Waals surface area contributed by atoms with Crippen LogP contribution in [0.4, 0.5) is 0 Å². The number of methoxy groups -OCH3 is 1. The molecule has 0 spiro atoms. The average molecular weight is 316 g/mol. The fourth-order valence-corrected chi connectivity index (χ4v) is 4.63. The molecule has 4 nitrogen and oxygen atoms in total. The molecule has 0 N–H and O–H groups in total. The summed E-state index contributed by atoms with van der Waals surface area (Å²) in [5.41, 5.74) is 1.38. The molecule has 0 saturated carbocycles. The van der Waals surface area contributed by atoms with Gasteiger partial charge in [0.15, 0.2) is 0 Å². The van der Waals surface area contributed by atoms with Crippen LogP contribution >= 0.6 is 0 Å². The lowest BCUT2D eigenvalue weighted by Gasteiger charge is -2.38. The highest BCUT2D eigenvalue weighted by molar-refractivity contribution is 5.27. The number of hydrogen-bond acceptors (Lipinski definition) is 4. The molecule has 3 fully saturated rings. The number of likely N-dealkylation sites (tertiary alicyclic amines) is 2. The predicted octanol–water partition coefficient (Wildman–Crippen LogP) is 2.24. The van der Waals surface area contributed by atoms with Crippen molar-refractivity contribution in [3.63, 3.8) is 0 Å². The zero-order valence-electron chi connectivity index (χ0n) is 14.1. The van der Waals surface area contributed by atoms with E-state index in [1.807, 2.05) is 0 Å². The summed E-state index contributed by atoms with van der Waals surface area (Å²) in [5.74, 6) is 2.44. The summed E-state index contributed by atoms with van der Waals surface area (Å²) in [5, 5.41) is 0. The van der Waals surface area contributed by atoms with Crippen LogP contribution in [0.1, 0.15) is 18.4 Å². The highest BCUT2D eigenvalue weighted by Crippen LogP contribution is 2.34. The maximum atomic E-state index is 5.95. The molecule has 0 bridgehead atoms. The van der Waals surface area contributed by atoms with Crippen molar-refractivity contribution in [3.05, 3.63) is 29.8 Å². The average Bonchev–Trinajstić information content (AvgIpc) is 3.24. The highest BCUT2D eigenvalue weighted by Gasteiger charge is 2.43. The maximum Gasteiger partial charge on any atom is 0.118 e. The van der Waals surface area contributed by atoms with Crippen LogP contribution in [0, 0.1) is 11.8 Å². The monoisotopic (exact) mass is 316 g/mol. The van der Waals surface area contributed by atoms with Crippen molar-refractivity contribution in [3.8, 4) is 5.75 Å². The molecule has 23 heavy (non-hydrogen) atoms. The molecule has 3 atom stereocenters. The van der Waals surface area contributed by atoms with Crippen LogP contribution in [0.3, 0.4) is 0 Å². The SMILES string of the molecule is COc1ccc(CN2C[C@@H]3COC[C@@H](N4CCCC4)[C@@H]3C2)cc1. The fraction of sp³-hybridized carbons (Fsp3) is 0.684. The first-order valence-electron chi connectivity index (χ1n) is 9.00. The molecule has 3 aliphatic heterocycles. The van der Waals surface area contributed by atoms with Gasteiger partial charge in [-0.15, -0.1) is 0 Å². The first kappa shape index (κ1) is 15.4. The van der Waals surface area contributed by atoms with Gasteiger partial charge >= 0.3 is 0 Å². The Labute approximate surface area is 139 Å². The Morgan fingerprint density at radius 1 is 1.09 bits per heavy atom. The van der Waals surface area contributed by atoms with Gasteiger partial charge in [-0.05, 0) is 49.5 Å². The molecule has 0 amide bonds. The molecular weight excluding hydrogens is 288 g/mol. The zero-order valence-corrected chi connectivity index (χ0v) is 14.1. The van der Waals surface area contributed by atoms with E-state index >= 15 is 0 Å². The van der Waals surface area contributed by atoms with E-state index < -0.39 is 0 Å². The summed E-state index contributed by atoms with van der Waals surface area (Å²) in [6.45, 7) is 7.89. The number of nitrogens with zero attached hydrogens (tertiary/aromatic N) is 2. The smallest absolute Gasteiger partial charge is 0.118 e. The van der Waals surface area contributed by atoms with E-state index in [9.17, 15) is 0 Å². The second-order valence-electron chi connectivity index (χ2n) is 7.31. The Morgan fingerprint density at radius 2 is 1.87 bits per heavy atom. The largest absolute Gasteiger partial charge is 0.497 e. The Kier molecular flexibility index (Phi) is 4.56. The standard InChI is InChI=1S/C19H28N2O2/c1-22-17-6-4-15(5-7-17)10-20-11-16-13-23-14-19(18(16)12-20)21-8-2-3-9-21/h4-7,16,18-19H,2-3,8-14H2,1H3/t16-,18-,19-/m1/s1. The molecule has 3 heterocycles.